The van der Waals surface area contributed by atoms with Gasteiger partial charge in [0, 0.05) is 12.2 Å². The van der Waals surface area contributed by atoms with Gasteiger partial charge in [0.2, 0.25) is 0 Å². The molecule has 0 saturated carbocycles. The van der Waals surface area contributed by atoms with Gasteiger partial charge in [-0.05, 0) is 36.2 Å². The van der Waals surface area contributed by atoms with Crippen LogP contribution in [-0.4, -0.2) is 28.4 Å². The Hall–Kier alpha value is -2.66. The van der Waals surface area contributed by atoms with Crippen molar-refractivity contribution in [1.29, 1.82) is 0 Å². The van der Waals surface area contributed by atoms with Crippen molar-refractivity contribution in [2.75, 3.05) is 12.3 Å². The van der Waals surface area contributed by atoms with E-state index in [-0.39, 0.29) is 24.8 Å². The number of aliphatic hydroxyl groups excluding tert-OH is 1. The topological polar surface area (TPSA) is 83.6 Å². The highest BCUT2D eigenvalue weighted by Gasteiger charge is 2.34. The number of aliphatic hydroxyl groups is 1. The lowest BCUT2D eigenvalue weighted by Crippen LogP contribution is -2.31. The summed E-state index contributed by atoms with van der Waals surface area (Å²) in [6.07, 6.45) is -0.498. The van der Waals surface area contributed by atoms with Crippen LogP contribution in [0.25, 0.3) is 0 Å². The van der Waals surface area contributed by atoms with Crippen molar-refractivity contribution in [2.45, 2.75) is 12.5 Å². The van der Waals surface area contributed by atoms with E-state index in [1.54, 1.807) is 48.5 Å². The molecule has 5 heteroatoms. The van der Waals surface area contributed by atoms with E-state index in [1.165, 1.54) is 4.90 Å². The summed E-state index contributed by atoms with van der Waals surface area (Å²) in [5.74, 6) is -0.610. The van der Waals surface area contributed by atoms with Crippen molar-refractivity contribution in [1.82, 2.24) is 4.90 Å². The van der Waals surface area contributed by atoms with Crippen molar-refractivity contribution < 1.29 is 14.7 Å². The Bertz CT molecular complexity index is 707. The summed E-state index contributed by atoms with van der Waals surface area (Å²) >= 11 is 0. The summed E-state index contributed by atoms with van der Waals surface area (Å²) in [5.41, 5.74) is 7.78. The Balaban J connectivity index is 1.70. The summed E-state index contributed by atoms with van der Waals surface area (Å²) in [7, 11) is 0. The van der Waals surface area contributed by atoms with Gasteiger partial charge < -0.3 is 10.8 Å². The molecule has 112 valence electrons. The van der Waals surface area contributed by atoms with E-state index in [2.05, 4.69) is 0 Å². The molecule has 0 aliphatic carbocycles. The Kier molecular flexibility index (Phi) is 3.65. The average Bonchev–Trinajstić information content (AvgIpc) is 2.77. The Morgan fingerprint density at radius 1 is 1.00 bits per heavy atom. The standard InChI is InChI=1S/C17H16N2O3/c18-12-5-3-4-11(10-12)15(20)8-9-19-16(21)13-6-1-2-7-14(13)17(19)22/h1-7,10,15,20H,8-9,18H2/t15-/m1/s1. The van der Waals surface area contributed by atoms with Gasteiger partial charge in [0.25, 0.3) is 11.8 Å². The predicted octanol–water partition coefficient (Wildman–Crippen LogP) is 1.99. The minimum absolute atomic E-state index is 0.169. The summed E-state index contributed by atoms with van der Waals surface area (Å²) < 4.78 is 0. The predicted molar refractivity (Wildman–Crippen MR) is 82.2 cm³/mol. The number of amides is 2. The first-order valence-electron chi connectivity index (χ1n) is 7.06. The molecule has 2 aromatic rings. The number of nitrogen functional groups attached to an aromatic ring is 1. The molecule has 3 N–H and O–H groups in total. The van der Waals surface area contributed by atoms with E-state index in [0.29, 0.717) is 22.4 Å². The van der Waals surface area contributed by atoms with Gasteiger partial charge in [-0.15, -0.1) is 0 Å². The first kappa shape index (κ1) is 14.3. The molecule has 0 aromatic heterocycles. The van der Waals surface area contributed by atoms with E-state index in [4.69, 9.17) is 5.73 Å². The van der Waals surface area contributed by atoms with E-state index in [9.17, 15) is 14.7 Å². The van der Waals surface area contributed by atoms with Crippen LogP contribution in [0.1, 0.15) is 38.8 Å². The number of rotatable bonds is 4. The lowest BCUT2D eigenvalue weighted by molar-refractivity contribution is 0.0622. The summed E-state index contributed by atoms with van der Waals surface area (Å²) in [5, 5.41) is 10.2. The fourth-order valence-electron chi connectivity index (χ4n) is 2.63. The lowest BCUT2D eigenvalue weighted by Gasteiger charge is -2.17. The number of benzene rings is 2. The number of carbonyl (C=O) groups excluding carboxylic acids is 2. The van der Waals surface area contributed by atoms with Crippen LogP contribution in [0, 0.1) is 0 Å². The quantitative estimate of drug-likeness (QED) is 0.667. The molecule has 1 aliphatic rings. The highest BCUT2D eigenvalue weighted by molar-refractivity contribution is 6.21. The third kappa shape index (κ3) is 2.46. The van der Waals surface area contributed by atoms with Gasteiger partial charge in [0.05, 0.1) is 17.2 Å². The molecule has 0 fully saturated rings. The van der Waals surface area contributed by atoms with Gasteiger partial charge in [0.1, 0.15) is 0 Å². The van der Waals surface area contributed by atoms with Crippen LogP contribution >= 0.6 is 0 Å². The number of anilines is 1. The monoisotopic (exact) mass is 296 g/mol. The SMILES string of the molecule is Nc1cccc([C@H](O)CCN2C(=O)c3ccccc3C2=O)c1. The lowest BCUT2D eigenvalue weighted by atomic mass is 10.1. The van der Waals surface area contributed by atoms with E-state index < -0.39 is 6.10 Å². The second-order valence-electron chi connectivity index (χ2n) is 5.28. The molecule has 0 radical (unpaired) electrons. The number of fused-ring (bicyclic) bond motifs is 1. The molecule has 3 rings (SSSR count). The zero-order chi connectivity index (χ0) is 15.7. The van der Waals surface area contributed by atoms with Crippen molar-refractivity contribution in [3.05, 3.63) is 65.2 Å². The first-order chi connectivity index (χ1) is 10.6. The minimum Gasteiger partial charge on any atom is -0.399 e. The van der Waals surface area contributed by atoms with Crippen molar-refractivity contribution in [2.24, 2.45) is 0 Å². The molecule has 22 heavy (non-hydrogen) atoms. The Labute approximate surface area is 128 Å². The maximum Gasteiger partial charge on any atom is 0.261 e. The third-order valence-corrected chi connectivity index (χ3v) is 3.80. The molecule has 2 amide bonds. The second kappa shape index (κ2) is 5.61. The first-order valence-corrected chi connectivity index (χ1v) is 7.06. The van der Waals surface area contributed by atoms with Gasteiger partial charge in [-0.2, -0.15) is 0 Å². The fraction of sp³-hybridized carbons (Fsp3) is 0.176. The fourth-order valence-corrected chi connectivity index (χ4v) is 2.63. The Morgan fingerprint density at radius 2 is 1.64 bits per heavy atom. The maximum atomic E-state index is 12.2. The molecule has 0 saturated heterocycles. The van der Waals surface area contributed by atoms with Crippen LogP contribution in [0.2, 0.25) is 0 Å². The summed E-state index contributed by atoms with van der Waals surface area (Å²) in [4.78, 5) is 25.6. The number of nitrogens with two attached hydrogens (primary N) is 1. The molecule has 2 aromatic carbocycles. The molecule has 1 aliphatic heterocycles. The molecule has 1 heterocycles. The number of hydrogen-bond donors (Lipinski definition) is 2. The smallest absolute Gasteiger partial charge is 0.261 e. The van der Waals surface area contributed by atoms with Crippen molar-refractivity contribution >= 4 is 17.5 Å². The molecular weight excluding hydrogens is 280 g/mol. The normalized spacial score (nSPS) is 15.0. The largest absolute Gasteiger partial charge is 0.399 e. The second-order valence-corrected chi connectivity index (χ2v) is 5.28. The van der Waals surface area contributed by atoms with E-state index >= 15 is 0 Å². The van der Waals surface area contributed by atoms with Crippen LogP contribution in [-0.2, 0) is 0 Å². The Morgan fingerprint density at radius 3 is 2.23 bits per heavy atom. The van der Waals surface area contributed by atoms with Crippen LogP contribution < -0.4 is 5.73 Å². The van der Waals surface area contributed by atoms with E-state index in [1.807, 2.05) is 0 Å². The summed E-state index contributed by atoms with van der Waals surface area (Å²) in [6, 6.07) is 13.7. The highest BCUT2D eigenvalue weighted by atomic mass is 16.3. The van der Waals surface area contributed by atoms with E-state index in [0.717, 1.165) is 0 Å². The van der Waals surface area contributed by atoms with Gasteiger partial charge in [-0.3, -0.25) is 14.5 Å². The van der Waals surface area contributed by atoms with Crippen molar-refractivity contribution in [3.8, 4) is 0 Å². The van der Waals surface area contributed by atoms with Crippen LogP contribution in [0.5, 0.6) is 0 Å². The van der Waals surface area contributed by atoms with Gasteiger partial charge in [-0.1, -0.05) is 24.3 Å². The number of carbonyl (C=O) groups is 2. The van der Waals surface area contributed by atoms with Crippen LogP contribution in [0.15, 0.2) is 48.5 Å². The third-order valence-electron chi connectivity index (χ3n) is 3.80. The molecule has 5 nitrogen and oxygen atoms in total. The van der Waals surface area contributed by atoms with Crippen LogP contribution in [0.3, 0.4) is 0 Å². The van der Waals surface area contributed by atoms with Gasteiger partial charge in [-0.25, -0.2) is 0 Å². The maximum absolute atomic E-state index is 12.2. The molecular formula is C17H16N2O3. The molecule has 1 atom stereocenters. The number of imide groups is 1. The minimum atomic E-state index is -0.771. The van der Waals surface area contributed by atoms with Crippen LogP contribution in [0.4, 0.5) is 5.69 Å². The molecule has 0 unspecified atom stereocenters. The van der Waals surface area contributed by atoms with Gasteiger partial charge in [0.15, 0.2) is 0 Å². The van der Waals surface area contributed by atoms with Gasteiger partial charge >= 0.3 is 0 Å². The molecule has 0 spiro atoms. The zero-order valence-corrected chi connectivity index (χ0v) is 11.9. The number of nitrogens with zero attached hydrogens (tertiary/aromatic N) is 1. The average molecular weight is 296 g/mol. The zero-order valence-electron chi connectivity index (χ0n) is 11.9. The summed E-state index contributed by atoms with van der Waals surface area (Å²) in [6.45, 7) is 0.169. The number of hydrogen-bond acceptors (Lipinski definition) is 4. The molecule has 0 bridgehead atoms. The van der Waals surface area contributed by atoms with Crippen molar-refractivity contribution in [3.63, 3.8) is 0 Å². The highest BCUT2D eigenvalue weighted by Crippen LogP contribution is 2.25.